The molecule has 1 aromatic heterocycles. The predicted octanol–water partition coefficient (Wildman–Crippen LogP) is 1.76. The Labute approximate surface area is 145 Å². The zero-order valence-electron chi connectivity index (χ0n) is 14.0. The van der Waals surface area contributed by atoms with Crippen molar-refractivity contribution in [1.82, 2.24) is 19.7 Å². The van der Waals surface area contributed by atoms with E-state index in [2.05, 4.69) is 10.1 Å². The highest BCUT2D eigenvalue weighted by Gasteiger charge is 2.46. The number of benzene rings is 1. The lowest BCUT2D eigenvalue weighted by molar-refractivity contribution is -0.142. The Morgan fingerprint density at radius 1 is 1.24 bits per heavy atom. The molecule has 1 aromatic carbocycles. The average Bonchev–Trinajstić information content (AvgIpc) is 3.12. The number of carboxylic acids is 1. The topological polar surface area (TPSA) is 88.3 Å². The quantitative estimate of drug-likeness (QED) is 0.916. The van der Waals surface area contributed by atoms with Crippen LogP contribution in [0.5, 0.6) is 0 Å². The number of aromatic nitrogens is 3. The van der Waals surface area contributed by atoms with Gasteiger partial charge < -0.3 is 10.0 Å². The predicted molar refractivity (Wildman–Crippen MR) is 89.3 cm³/mol. The van der Waals surface area contributed by atoms with Crippen LogP contribution in [0, 0.1) is 24.7 Å². The van der Waals surface area contributed by atoms with E-state index in [1.807, 2.05) is 19.1 Å². The number of carbonyl (C=O) groups is 2. The number of hydrogen-bond donors (Lipinski definition) is 1. The van der Waals surface area contributed by atoms with E-state index in [4.69, 9.17) is 0 Å². The number of hydrogen-bond acceptors (Lipinski definition) is 4. The molecule has 2 aromatic rings. The zero-order valence-corrected chi connectivity index (χ0v) is 14.0. The van der Waals surface area contributed by atoms with Crippen LogP contribution in [0.4, 0.5) is 0 Å². The van der Waals surface area contributed by atoms with Gasteiger partial charge in [0.15, 0.2) is 0 Å². The summed E-state index contributed by atoms with van der Waals surface area (Å²) < 4.78 is 1.66. The molecule has 1 amide bonds. The molecule has 4 rings (SSSR count). The summed E-state index contributed by atoms with van der Waals surface area (Å²) in [4.78, 5) is 30.0. The van der Waals surface area contributed by atoms with Crippen LogP contribution in [0.25, 0.3) is 5.69 Å². The Morgan fingerprint density at radius 2 is 2.04 bits per heavy atom. The summed E-state index contributed by atoms with van der Waals surface area (Å²) in [5.74, 6) is -0.758. The number of aryl methyl sites for hydroxylation is 1. The number of aliphatic carboxylic acids is 1. The summed E-state index contributed by atoms with van der Waals surface area (Å²) in [6.45, 7) is 2.77. The first-order valence-corrected chi connectivity index (χ1v) is 8.52. The van der Waals surface area contributed by atoms with Crippen LogP contribution in [0.2, 0.25) is 0 Å². The largest absolute Gasteiger partial charge is 0.481 e. The van der Waals surface area contributed by atoms with Gasteiger partial charge in [0.05, 0.1) is 11.6 Å². The van der Waals surface area contributed by atoms with E-state index in [0.29, 0.717) is 24.6 Å². The van der Waals surface area contributed by atoms with E-state index in [1.165, 1.54) is 6.33 Å². The number of amides is 1. The maximum absolute atomic E-state index is 12.9. The lowest BCUT2D eigenvalue weighted by atomic mass is 9.92. The van der Waals surface area contributed by atoms with E-state index in [9.17, 15) is 14.7 Å². The van der Waals surface area contributed by atoms with E-state index in [1.54, 1.807) is 22.0 Å². The summed E-state index contributed by atoms with van der Waals surface area (Å²) in [5, 5.41) is 13.6. The smallest absolute Gasteiger partial charge is 0.308 e. The first-order valence-electron chi connectivity index (χ1n) is 8.52. The number of nitrogens with zero attached hydrogens (tertiary/aromatic N) is 4. The molecular formula is C18H20N4O3. The van der Waals surface area contributed by atoms with E-state index >= 15 is 0 Å². The van der Waals surface area contributed by atoms with Crippen molar-refractivity contribution in [2.75, 3.05) is 13.1 Å². The van der Waals surface area contributed by atoms with Gasteiger partial charge in [0.2, 0.25) is 0 Å². The van der Waals surface area contributed by atoms with Crippen LogP contribution in [0.3, 0.4) is 0 Å². The third kappa shape index (κ3) is 2.90. The second-order valence-electron chi connectivity index (χ2n) is 7.00. The Morgan fingerprint density at radius 3 is 2.64 bits per heavy atom. The van der Waals surface area contributed by atoms with Gasteiger partial charge in [-0.2, -0.15) is 5.10 Å². The Kier molecular flexibility index (Phi) is 3.78. The maximum atomic E-state index is 12.9. The monoisotopic (exact) mass is 340 g/mol. The fourth-order valence-electron chi connectivity index (χ4n) is 3.82. The maximum Gasteiger partial charge on any atom is 0.308 e. The van der Waals surface area contributed by atoms with Gasteiger partial charge >= 0.3 is 5.97 Å². The SMILES string of the molecule is Cc1cc(C(=O)N2C[C@H](C(=O)O)[C@@H](C3CC3)C2)ccc1-n1cncn1. The van der Waals surface area contributed by atoms with Crippen LogP contribution in [-0.2, 0) is 4.79 Å². The van der Waals surface area contributed by atoms with Gasteiger partial charge in [0, 0.05) is 18.7 Å². The molecule has 2 heterocycles. The van der Waals surface area contributed by atoms with Gasteiger partial charge in [0.1, 0.15) is 12.7 Å². The van der Waals surface area contributed by atoms with Gasteiger partial charge in [-0.05, 0) is 55.4 Å². The molecule has 0 unspecified atom stereocenters. The fourth-order valence-corrected chi connectivity index (χ4v) is 3.82. The minimum atomic E-state index is -0.787. The highest BCUT2D eigenvalue weighted by atomic mass is 16.4. The third-order valence-electron chi connectivity index (χ3n) is 5.31. The Bertz CT molecular complexity index is 814. The number of carboxylic acid groups (broad SMARTS) is 1. The molecule has 1 N–H and O–H groups in total. The van der Waals surface area contributed by atoms with Crippen molar-refractivity contribution in [3.63, 3.8) is 0 Å². The molecule has 1 aliphatic carbocycles. The van der Waals surface area contributed by atoms with Gasteiger partial charge in [-0.15, -0.1) is 0 Å². The van der Waals surface area contributed by atoms with Crippen LogP contribution in [0.1, 0.15) is 28.8 Å². The molecule has 0 bridgehead atoms. The van der Waals surface area contributed by atoms with Crippen LogP contribution < -0.4 is 0 Å². The molecule has 7 nitrogen and oxygen atoms in total. The van der Waals surface area contributed by atoms with Crippen molar-refractivity contribution >= 4 is 11.9 Å². The standard InChI is InChI=1S/C18H20N4O3/c1-11-6-13(4-5-16(11)22-10-19-9-20-22)17(23)21-7-14(12-2-3-12)15(8-21)18(24)25/h4-6,9-10,12,14-15H,2-3,7-8H2,1H3,(H,24,25)/t14-,15+/m1/s1. The van der Waals surface area contributed by atoms with Crippen LogP contribution >= 0.6 is 0 Å². The molecule has 2 fully saturated rings. The second kappa shape index (κ2) is 5.98. The number of likely N-dealkylation sites (tertiary alicyclic amines) is 1. The lowest BCUT2D eigenvalue weighted by Crippen LogP contribution is -2.30. The summed E-state index contributed by atoms with van der Waals surface area (Å²) >= 11 is 0. The molecule has 2 atom stereocenters. The summed E-state index contributed by atoms with van der Waals surface area (Å²) in [6, 6.07) is 5.45. The van der Waals surface area contributed by atoms with Gasteiger partial charge in [-0.3, -0.25) is 9.59 Å². The lowest BCUT2D eigenvalue weighted by Gasteiger charge is -2.17. The van der Waals surface area contributed by atoms with Crippen LogP contribution in [-0.4, -0.2) is 49.7 Å². The van der Waals surface area contributed by atoms with Crippen LogP contribution in [0.15, 0.2) is 30.9 Å². The van der Waals surface area contributed by atoms with Gasteiger partial charge in [-0.25, -0.2) is 9.67 Å². The van der Waals surface area contributed by atoms with Crippen molar-refractivity contribution in [3.05, 3.63) is 42.0 Å². The van der Waals surface area contributed by atoms with E-state index in [-0.39, 0.29) is 11.8 Å². The van der Waals surface area contributed by atoms with Gasteiger partial charge in [-0.1, -0.05) is 0 Å². The molecule has 130 valence electrons. The Hall–Kier alpha value is -2.70. The summed E-state index contributed by atoms with van der Waals surface area (Å²) in [7, 11) is 0. The van der Waals surface area contributed by atoms with Gasteiger partial charge in [0.25, 0.3) is 5.91 Å². The highest BCUT2D eigenvalue weighted by molar-refractivity contribution is 5.95. The minimum Gasteiger partial charge on any atom is -0.481 e. The Balaban J connectivity index is 1.55. The number of rotatable bonds is 4. The van der Waals surface area contributed by atoms with Crippen molar-refractivity contribution in [3.8, 4) is 5.69 Å². The molecule has 0 spiro atoms. The first-order chi connectivity index (χ1) is 12.0. The zero-order chi connectivity index (χ0) is 17.6. The summed E-state index contributed by atoms with van der Waals surface area (Å²) in [5.41, 5.74) is 2.38. The van der Waals surface area contributed by atoms with E-state index < -0.39 is 11.9 Å². The molecule has 1 saturated heterocycles. The first kappa shape index (κ1) is 15.8. The highest BCUT2D eigenvalue weighted by Crippen LogP contribution is 2.44. The average molecular weight is 340 g/mol. The molecule has 25 heavy (non-hydrogen) atoms. The van der Waals surface area contributed by atoms with Crippen molar-refractivity contribution < 1.29 is 14.7 Å². The molecule has 1 saturated carbocycles. The molecule has 0 radical (unpaired) electrons. The van der Waals surface area contributed by atoms with Crippen molar-refractivity contribution in [2.45, 2.75) is 19.8 Å². The second-order valence-corrected chi connectivity index (χ2v) is 7.00. The van der Waals surface area contributed by atoms with Crippen molar-refractivity contribution in [2.24, 2.45) is 17.8 Å². The number of carbonyl (C=O) groups excluding carboxylic acids is 1. The normalized spacial score (nSPS) is 23.0. The third-order valence-corrected chi connectivity index (χ3v) is 5.31. The molecule has 1 aliphatic heterocycles. The summed E-state index contributed by atoms with van der Waals surface area (Å²) in [6.07, 6.45) is 5.25. The molecule has 2 aliphatic rings. The van der Waals surface area contributed by atoms with E-state index in [0.717, 1.165) is 24.1 Å². The molecular weight excluding hydrogens is 320 g/mol. The van der Waals surface area contributed by atoms with Crippen molar-refractivity contribution in [1.29, 1.82) is 0 Å². The molecule has 7 heteroatoms. The fraction of sp³-hybridized carbons (Fsp3) is 0.444. The minimum absolute atomic E-state index is 0.0944.